The van der Waals surface area contributed by atoms with E-state index in [2.05, 4.69) is 43.6 Å². The third kappa shape index (κ3) is 5.79. The number of hydrogen-bond donors (Lipinski definition) is 2. The summed E-state index contributed by atoms with van der Waals surface area (Å²) < 4.78 is 0. The Hall–Kier alpha value is -2.53. The number of unbranched alkanes of at least 4 members (excludes halogenated alkanes) is 4. The highest BCUT2D eigenvalue weighted by atomic mass is 35.5. The summed E-state index contributed by atoms with van der Waals surface area (Å²) in [4.78, 5) is 25.9. The molecule has 1 atom stereocenters. The lowest BCUT2D eigenvalue weighted by molar-refractivity contribution is -0.125. The second kappa shape index (κ2) is 10.7. The van der Waals surface area contributed by atoms with Crippen LogP contribution in [0, 0.1) is 0 Å². The van der Waals surface area contributed by atoms with Gasteiger partial charge in [-0.3, -0.25) is 15.0 Å². The van der Waals surface area contributed by atoms with Gasteiger partial charge in [-0.25, -0.2) is 5.01 Å². The Kier molecular flexibility index (Phi) is 7.97. The van der Waals surface area contributed by atoms with Crippen LogP contribution in [-0.2, 0) is 4.79 Å². The van der Waals surface area contributed by atoms with Gasteiger partial charge in [-0.1, -0.05) is 82.3 Å². The number of fused-ring (bicyclic) bond motifs is 1. The fourth-order valence-electron chi connectivity index (χ4n) is 3.77. The van der Waals surface area contributed by atoms with E-state index in [0.717, 1.165) is 24.8 Å². The molecule has 0 saturated heterocycles. The largest absolute Gasteiger partial charge is 0.359 e. The minimum atomic E-state index is -0.494. The number of carbonyl (C=O) groups is 2. The number of benzene rings is 2. The van der Waals surface area contributed by atoms with Gasteiger partial charge in [0.15, 0.2) is 0 Å². The van der Waals surface area contributed by atoms with E-state index < -0.39 is 6.17 Å². The van der Waals surface area contributed by atoms with Crippen LogP contribution in [0.3, 0.4) is 0 Å². The van der Waals surface area contributed by atoms with E-state index in [9.17, 15) is 9.59 Å². The van der Waals surface area contributed by atoms with Crippen molar-refractivity contribution >= 4 is 29.1 Å². The Bertz CT molecular complexity index is 911. The van der Waals surface area contributed by atoms with Crippen molar-refractivity contribution in [1.29, 1.82) is 0 Å². The third-order valence-corrected chi connectivity index (χ3v) is 5.89. The molecule has 2 aromatic carbocycles. The molecule has 0 bridgehead atoms. The molecule has 3 rings (SSSR count). The Morgan fingerprint density at radius 3 is 2.48 bits per heavy atom. The second-order valence-corrected chi connectivity index (χ2v) is 8.87. The van der Waals surface area contributed by atoms with E-state index in [0.29, 0.717) is 28.6 Å². The van der Waals surface area contributed by atoms with Crippen molar-refractivity contribution in [2.45, 2.75) is 71.4 Å². The van der Waals surface area contributed by atoms with Crippen LogP contribution in [0.2, 0.25) is 5.02 Å². The van der Waals surface area contributed by atoms with Crippen LogP contribution in [0.1, 0.15) is 92.9 Å². The van der Waals surface area contributed by atoms with Gasteiger partial charge in [-0.05, 0) is 41.7 Å². The molecule has 1 aliphatic rings. The van der Waals surface area contributed by atoms with Gasteiger partial charge in [0.1, 0.15) is 6.17 Å². The summed E-state index contributed by atoms with van der Waals surface area (Å²) in [7, 11) is 0. The SMILES string of the molecule is CCCCCCCC(=O)NN1C(=O)c2cc(Cl)ccc2NC1c1ccc(C(C)C)cc1. The summed E-state index contributed by atoms with van der Waals surface area (Å²) in [6.45, 7) is 6.45. The maximum atomic E-state index is 13.3. The zero-order chi connectivity index (χ0) is 22.4. The van der Waals surface area contributed by atoms with Gasteiger partial charge in [0.05, 0.1) is 5.56 Å². The van der Waals surface area contributed by atoms with Crippen LogP contribution < -0.4 is 10.7 Å². The van der Waals surface area contributed by atoms with E-state index in [4.69, 9.17) is 11.6 Å². The minimum Gasteiger partial charge on any atom is -0.359 e. The molecule has 2 amide bonds. The molecule has 0 aliphatic carbocycles. The van der Waals surface area contributed by atoms with Crippen LogP contribution in [-0.4, -0.2) is 16.8 Å². The third-order valence-electron chi connectivity index (χ3n) is 5.65. The van der Waals surface area contributed by atoms with Crippen molar-refractivity contribution in [2.24, 2.45) is 0 Å². The highest BCUT2D eigenvalue weighted by Gasteiger charge is 2.34. The van der Waals surface area contributed by atoms with E-state index >= 15 is 0 Å². The van der Waals surface area contributed by atoms with E-state index in [1.54, 1.807) is 18.2 Å². The maximum absolute atomic E-state index is 13.3. The average molecular weight is 442 g/mol. The normalized spacial score (nSPS) is 15.6. The first-order chi connectivity index (χ1) is 14.9. The first-order valence-electron chi connectivity index (χ1n) is 11.2. The molecule has 166 valence electrons. The Morgan fingerprint density at radius 1 is 1.10 bits per heavy atom. The first-order valence-corrected chi connectivity index (χ1v) is 11.6. The van der Waals surface area contributed by atoms with Crippen LogP contribution >= 0.6 is 11.6 Å². The molecular formula is C25H32ClN3O2. The first kappa shape index (κ1) is 23.1. The predicted octanol–water partition coefficient (Wildman–Crippen LogP) is 6.42. The summed E-state index contributed by atoms with van der Waals surface area (Å²) >= 11 is 6.12. The van der Waals surface area contributed by atoms with Crippen molar-refractivity contribution < 1.29 is 9.59 Å². The van der Waals surface area contributed by atoms with Gasteiger partial charge in [0, 0.05) is 17.1 Å². The number of rotatable bonds is 9. The molecule has 1 aliphatic heterocycles. The lowest BCUT2D eigenvalue weighted by Gasteiger charge is -2.38. The molecule has 1 heterocycles. The van der Waals surface area contributed by atoms with Gasteiger partial charge >= 0.3 is 0 Å². The van der Waals surface area contributed by atoms with Gasteiger partial charge in [0.2, 0.25) is 5.91 Å². The lowest BCUT2D eigenvalue weighted by atomic mass is 9.99. The van der Waals surface area contributed by atoms with E-state index in [1.165, 1.54) is 23.4 Å². The van der Waals surface area contributed by atoms with E-state index in [-0.39, 0.29) is 11.8 Å². The summed E-state index contributed by atoms with van der Waals surface area (Å²) in [5.74, 6) is -0.00387. The number of amides is 2. The zero-order valence-electron chi connectivity index (χ0n) is 18.6. The molecule has 1 unspecified atom stereocenters. The average Bonchev–Trinajstić information content (AvgIpc) is 2.76. The molecule has 0 fully saturated rings. The second-order valence-electron chi connectivity index (χ2n) is 8.43. The quantitative estimate of drug-likeness (QED) is 0.441. The Balaban J connectivity index is 1.81. The van der Waals surface area contributed by atoms with E-state index in [1.807, 2.05) is 12.1 Å². The molecule has 0 saturated carbocycles. The molecule has 0 aromatic heterocycles. The molecule has 2 aromatic rings. The Morgan fingerprint density at radius 2 is 1.81 bits per heavy atom. The zero-order valence-corrected chi connectivity index (χ0v) is 19.3. The standard InChI is InChI=1S/C25H32ClN3O2/c1-4-5-6-7-8-9-23(30)28-29-24(19-12-10-18(11-13-19)17(2)3)27-22-15-14-20(26)16-21(22)25(29)31/h10-17,24,27H,4-9H2,1-3H3,(H,28,30). The number of nitrogens with one attached hydrogen (secondary N) is 2. The molecule has 31 heavy (non-hydrogen) atoms. The number of hydrazine groups is 1. The van der Waals surface area contributed by atoms with Crippen molar-refractivity contribution in [3.05, 3.63) is 64.2 Å². The topological polar surface area (TPSA) is 61.4 Å². The minimum absolute atomic E-state index is 0.152. The van der Waals surface area contributed by atoms with Crippen LogP contribution in [0.5, 0.6) is 0 Å². The number of nitrogens with zero attached hydrogens (tertiary/aromatic N) is 1. The molecular weight excluding hydrogens is 410 g/mol. The summed E-state index contributed by atoms with van der Waals surface area (Å²) in [5, 5.41) is 5.27. The van der Waals surface area contributed by atoms with Gasteiger partial charge < -0.3 is 5.32 Å². The summed E-state index contributed by atoms with van der Waals surface area (Å²) in [6.07, 6.45) is 5.22. The number of anilines is 1. The Labute approximate surface area is 190 Å². The smallest absolute Gasteiger partial charge is 0.276 e. The molecule has 0 spiro atoms. The molecule has 0 radical (unpaired) electrons. The summed E-state index contributed by atoms with van der Waals surface area (Å²) in [6, 6.07) is 13.3. The fraction of sp³-hybridized carbons (Fsp3) is 0.440. The van der Waals surface area contributed by atoms with Crippen molar-refractivity contribution in [1.82, 2.24) is 10.4 Å². The van der Waals surface area contributed by atoms with Crippen LogP contribution in [0.15, 0.2) is 42.5 Å². The van der Waals surface area contributed by atoms with Crippen molar-refractivity contribution in [3.63, 3.8) is 0 Å². The molecule has 2 N–H and O–H groups in total. The molecule has 6 heteroatoms. The van der Waals surface area contributed by atoms with Gasteiger partial charge in [-0.15, -0.1) is 0 Å². The van der Waals surface area contributed by atoms with Crippen molar-refractivity contribution in [3.8, 4) is 0 Å². The number of carbonyl (C=O) groups excluding carboxylic acids is 2. The highest BCUT2D eigenvalue weighted by Crippen LogP contribution is 2.34. The monoisotopic (exact) mass is 441 g/mol. The summed E-state index contributed by atoms with van der Waals surface area (Å²) in [5.41, 5.74) is 6.13. The van der Waals surface area contributed by atoms with Gasteiger partial charge in [-0.2, -0.15) is 0 Å². The maximum Gasteiger partial charge on any atom is 0.276 e. The van der Waals surface area contributed by atoms with Crippen molar-refractivity contribution in [2.75, 3.05) is 5.32 Å². The highest BCUT2D eigenvalue weighted by molar-refractivity contribution is 6.31. The predicted molar refractivity (Wildman–Crippen MR) is 126 cm³/mol. The fourth-order valence-corrected chi connectivity index (χ4v) is 3.94. The van der Waals surface area contributed by atoms with Crippen LogP contribution in [0.4, 0.5) is 5.69 Å². The lowest BCUT2D eigenvalue weighted by Crippen LogP contribution is -2.52. The van der Waals surface area contributed by atoms with Crippen LogP contribution in [0.25, 0.3) is 0 Å². The van der Waals surface area contributed by atoms with Gasteiger partial charge in [0.25, 0.3) is 5.91 Å². The number of hydrogen-bond acceptors (Lipinski definition) is 3. The number of halogens is 1. The molecule has 5 nitrogen and oxygen atoms in total.